The number of hydrogen-bond donors (Lipinski definition) is 0. The van der Waals surface area contributed by atoms with Crippen molar-refractivity contribution in [2.45, 2.75) is 46.1 Å². The van der Waals surface area contributed by atoms with Crippen LogP contribution in [0.1, 0.15) is 45.1 Å². The van der Waals surface area contributed by atoms with Gasteiger partial charge in [0.25, 0.3) is 0 Å². The predicted molar refractivity (Wildman–Crippen MR) is 96.0 cm³/mol. The number of nitrogens with zero attached hydrogens (tertiary/aromatic N) is 1. The summed E-state index contributed by atoms with van der Waals surface area (Å²) in [6.45, 7) is 6.92. The number of amides is 1. The van der Waals surface area contributed by atoms with Crippen LogP contribution in [0.3, 0.4) is 0 Å². The molecule has 0 atom stereocenters. The van der Waals surface area contributed by atoms with E-state index in [0.29, 0.717) is 25.7 Å². The number of ether oxygens (including phenoxy) is 2. The van der Waals surface area contributed by atoms with Crippen LogP contribution in [0.25, 0.3) is 0 Å². The molecule has 4 nitrogen and oxygen atoms in total. The standard InChI is InChI=1S/C20H31NO3/c1-4-21(20(22)18-9-5-16(2)6-10-18)15-17-7-11-19(12-8-17)24-14-13-23-3/h7-8,11-12,16,18H,4-6,9-10,13-15H2,1-3H3. The maximum Gasteiger partial charge on any atom is 0.225 e. The zero-order valence-electron chi connectivity index (χ0n) is 15.3. The Labute approximate surface area is 146 Å². The van der Waals surface area contributed by atoms with Crippen molar-refractivity contribution in [1.82, 2.24) is 4.90 Å². The van der Waals surface area contributed by atoms with E-state index in [1.54, 1.807) is 7.11 Å². The van der Waals surface area contributed by atoms with E-state index in [-0.39, 0.29) is 5.92 Å². The topological polar surface area (TPSA) is 38.8 Å². The number of rotatable bonds is 8. The summed E-state index contributed by atoms with van der Waals surface area (Å²) >= 11 is 0. The van der Waals surface area contributed by atoms with E-state index in [2.05, 4.69) is 13.8 Å². The van der Waals surface area contributed by atoms with E-state index >= 15 is 0 Å². The summed E-state index contributed by atoms with van der Waals surface area (Å²) < 4.78 is 10.6. The second-order valence-electron chi connectivity index (χ2n) is 6.79. The summed E-state index contributed by atoms with van der Waals surface area (Å²) in [6.07, 6.45) is 4.45. The molecule has 0 spiro atoms. The van der Waals surface area contributed by atoms with Gasteiger partial charge >= 0.3 is 0 Å². The van der Waals surface area contributed by atoms with E-state index in [0.717, 1.165) is 36.6 Å². The van der Waals surface area contributed by atoms with Crippen LogP contribution in [0.2, 0.25) is 0 Å². The smallest absolute Gasteiger partial charge is 0.225 e. The first-order chi connectivity index (χ1) is 11.6. The van der Waals surface area contributed by atoms with Crippen molar-refractivity contribution in [3.05, 3.63) is 29.8 Å². The highest BCUT2D eigenvalue weighted by Gasteiger charge is 2.27. The third-order valence-electron chi connectivity index (χ3n) is 4.91. The molecule has 1 aromatic carbocycles. The van der Waals surface area contributed by atoms with Gasteiger partial charge in [0, 0.05) is 26.1 Å². The van der Waals surface area contributed by atoms with Crippen LogP contribution in [-0.4, -0.2) is 37.7 Å². The van der Waals surface area contributed by atoms with Crippen molar-refractivity contribution >= 4 is 5.91 Å². The highest BCUT2D eigenvalue weighted by molar-refractivity contribution is 5.78. The molecule has 1 fully saturated rings. The summed E-state index contributed by atoms with van der Waals surface area (Å²) in [5, 5.41) is 0. The molecule has 1 aromatic rings. The van der Waals surface area contributed by atoms with Gasteiger partial charge in [-0.3, -0.25) is 4.79 Å². The van der Waals surface area contributed by atoms with Gasteiger partial charge in [0.1, 0.15) is 12.4 Å². The number of methoxy groups -OCH3 is 1. The highest BCUT2D eigenvalue weighted by atomic mass is 16.5. The third-order valence-corrected chi connectivity index (χ3v) is 4.91. The summed E-state index contributed by atoms with van der Waals surface area (Å²) in [4.78, 5) is 14.8. The molecule has 0 heterocycles. The SMILES string of the molecule is CCN(Cc1ccc(OCCOC)cc1)C(=O)C1CCC(C)CC1. The van der Waals surface area contributed by atoms with E-state index in [9.17, 15) is 4.79 Å². The fraction of sp³-hybridized carbons (Fsp3) is 0.650. The van der Waals surface area contributed by atoms with Crippen molar-refractivity contribution in [2.24, 2.45) is 11.8 Å². The molecule has 2 rings (SSSR count). The number of carbonyl (C=O) groups excluding carboxylic acids is 1. The van der Waals surface area contributed by atoms with Crippen molar-refractivity contribution in [3.8, 4) is 5.75 Å². The molecule has 0 bridgehead atoms. The van der Waals surface area contributed by atoms with E-state index in [1.165, 1.54) is 12.8 Å². The van der Waals surface area contributed by atoms with Crippen LogP contribution >= 0.6 is 0 Å². The minimum atomic E-state index is 0.220. The van der Waals surface area contributed by atoms with Gasteiger partial charge in [-0.05, 0) is 56.2 Å². The van der Waals surface area contributed by atoms with Crippen molar-refractivity contribution in [1.29, 1.82) is 0 Å². The predicted octanol–water partition coefficient (Wildman–Crippen LogP) is 3.89. The molecular formula is C20H31NO3. The molecule has 0 unspecified atom stereocenters. The highest BCUT2D eigenvalue weighted by Crippen LogP contribution is 2.30. The molecule has 4 heteroatoms. The quantitative estimate of drug-likeness (QED) is 0.678. The molecule has 0 saturated heterocycles. The van der Waals surface area contributed by atoms with Gasteiger partial charge in [-0.25, -0.2) is 0 Å². The average Bonchev–Trinajstić information content (AvgIpc) is 2.61. The molecule has 1 amide bonds. The lowest BCUT2D eigenvalue weighted by atomic mass is 9.82. The summed E-state index contributed by atoms with van der Waals surface area (Å²) in [6, 6.07) is 8.01. The zero-order valence-corrected chi connectivity index (χ0v) is 15.3. The molecule has 1 saturated carbocycles. The normalized spacial score (nSPS) is 20.6. The number of benzene rings is 1. The zero-order chi connectivity index (χ0) is 17.4. The van der Waals surface area contributed by atoms with Crippen molar-refractivity contribution < 1.29 is 14.3 Å². The van der Waals surface area contributed by atoms with Gasteiger partial charge in [-0.1, -0.05) is 19.1 Å². The number of hydrogen-bond acceptors (Lipinski definition) is 3. The molecule has 24 heavy (non-hydrogen) atoms. The lowest BCUT2D eigenvalue weighted by Crippen LogP contribution is -2.37. The van der Waals surface area contributed by atoms with Crippen LogP contribution in [0.5, 0.6) is 5.75 Å². The molecule has 0 radical (unpaired) electrons. The maximum atomic E-state index is 12.8. The van der Waals surface area contributed by atoms with E-state index < -0.39 is 0 Å². The van der Waals surface area contributed by atoms with Crippen LogP contribution in [-0.2, 0) is 16.1 Å². The van der Waals surface area contributed by atoms with Gasteiger partial charge in [-0.2, -0.15) is 0 Å². The van der Waals surface area contributed by atoms with Gasteiger partial charge in [-0.15, -0.1) is 0 Å². The Hall–Kier alpha value is -1.55. The lowest BCUT2D eigenvalue weighted by molar-refractivity contribution is -0.137. The fourth-order valence-electron chi connectivity index (χ4n) is 3.27. The Morgan fingerprint density at radius 2 is 1.79 bits per heavy atom. The van der Waals surface area contributed by atoms with Gasteiger partial charge in [0.2, 0.25) is 5.91 Å². The van der Waals surface area contributed by atoms with Gasteiger partial charge in [0.05, 0.1) is 6.61 Å². The lowest BCUT2D eigenvalue weighted by Gasteiger charge is -2.30. The monoisotopic (exact) mass is 333 g/mol. The molecule has 1 aliphatic carbocycles. The Balaban J connectivity index is 1.88. The van der Waals surface area contributed by atoms with Crippen LogP contribution in [0.15, 0.2) is 24.3 Å². The molecule has 0 aromatic heterocycles. The summed E-state index contributed by atoms with van der Waals surface area (Å²) in [7, 11) is 1.66. The third kappa shape index (κ3) is 5.52. The van der Waals surface area contributed by atoms with E-state index in [1.807, 2.05) is 29.2 Å². The first-order valence-corrected chi connectivity index (χ1v) is 9.13. The second kappa shape index (κ2) is 9.67. The Morgan fingerprint density at radius 3 is 2.38 bits per heavy atom. The van der Waals surface area contributed by atoms with Crippen molar-refractivity contribution in [3.63, 3.8) is 0 Å². The van der Waals surface area contributed by atoms with Crippen LogP contribution in [0.4, 0.5) is 0 Å². The second-order valence-corrected chi connectivity index (χ2v) is 6.79. The molecule has 134 valence electrons. The van der Waals surface area contributed by atoms with Crippen molar-refractivity contribution in [2.75, 3.05) is 26.9 Å². The molecule has 1 aliphatic rings. The minimum absolute atomic E-state index is 0.220. The maximum absolute atomic E-state index is 12.8. The summed E-state index contributed by atoms with van der Waals surface area (Å²) in [5.74, 6) is 2.16. The van der Waals surface area contributed by atoms with Crippen LogP contribution < -0.4 is 4.74 Å². The molecule has 0 N–H and O–H groups in total. The number of carbonyl (C=O) groups is 1. The Kier molecular flexibility index (Phi) is 7.57. The Morgan fingerprint density at radius 1 is 1.12 bits per heavy atom. The Bertz CT molecular complexity index is 492. The fourth-order valence-corrected chi connectivity index (χ4v) is 3.27. The summed E-state index contributed by atoms with van der Waals surface area (Å²) in [5.41, 5.74) is 1.15. The minimum Gasteiger partial charge on any atom is -0.491 e. The molecular weight excluding hydrogens is 302 g/mol. The molecule has 0 aliphatic heterocycles. The average molecular weight is 333 g/mol. The van der Waals surface area contributed by atoms with Gasteiger partial charge < -0.3 is 14.4 Å². The first-order valence-electron chi connectivity index (χ1n) is 9.13. The largest absolute Gasteiger partial charge is 0.491 e. The first kappa shape index (κ1) is 18.8. The van der Waals surface area contributed by atoms with E-state index in [4.69, 9.17) is 9.47 Å². The van der Waals surface area contributed by atoms with Crippen LogP contribution in [0, 0.1) is 11.8 Å². The van der Waals surface area contributed by atoms with Gasteiger partial charge in [0.15, 0.2) is 0 Å².